The Morgan fingerprint density at radius 1 is 0.920 bits per heavy atom. The number of hydrogen-bond acceptors (Lipinski definition) is 2. The summed E-state index contributed by atoms with van der Waals surface area (Å²) in [6.45, 7) is 3.94. The molecule has 5 heteroatoms. The first kappa shape index (κ1) is 16.8. The van der Waals surface area contributed by atoms with Gasteiger partial charge in [-0.25, -0.2) is 9.78 Å². The predicted molar refractivity (Wildman–Crippen MR) is 98.5 cm³/mol. The lowest BCUT2D eigenvalue weighted by atomic mass is 10.1. The Morgan fingerprint density at radius 3 is 2.08 bits per heavy atom. The first-order chi connectivity index (χ1) is 12.1. The van der Waals surface area contributed by atoms with E-state index in [0.717, 1.165) is 16.8 Å². The second-order valence-corrected chi connectivity index (χ2v) is 6.03. The van der Waals surface area contributed by atoms with Crippen molar-refractivity contribution in [3.63, 3.8) is 0 Å². The molecule has 0 bridgehead atoms. The maximum absolute atomic E-state index is 12.2. The predicted octanol–water partition coefficient (Wildman–Crippen LogP) is 3.99. The second kappa shape index (κ2) is 7.66. The van der Waals surface area contributed by atoms with Gasteiger partial charge in [-0.15, -0.1) is 0 Å². The average molecular weight is 334 g/mol. The minimum Gasteiger partial charge on any atom is -0.332 e. The lowest BCUT2D eigenvalue weighted by Gasteiger charge is -2.19. The molecule has 128 valence electrons. The molecule has 0 aliphatic carbocycles. The molecule has 1 heterocycles. The fraction of sp³-hybridized carbons (Fsp3) is 0.200. The Morgan fingerprint density at radius 2 is 1.52 bits per heavy atom. The van der Waals surface area contributed by atoms with Gasteiger partial charge in [-0.3, -0.25) is 0 Å². The fourth-order valence-corrected chi connectivity index (χ4v) is 2.69. The fourth-order valence-electron chi connectivity index (χ4n) is 2.69. The Bertz CT molecular complexity index is 797. The molecular weight excluding hydrogens is 312 g/mol. The number of carbonyl (C=O) groups is 1. The molecule has 0 fully saturated rings. The number of amides is 2. The highest BCUT2D eigenvalue weighted by Crippen LogP contribution is 2.16. The number of carbonyl (C=O) groups excluding carboxylic acids is 1. The summed E-state index contributed by atoms with van der Waals surface area (Å²) in [4.78, 5) is 16.3. The summed E-state index contributed by atoms with van der Waals surface area (Å²) in [6, 6.07) is 17.7. The molecule has 5 nitrogen and oxygen atoms in total. The summed E-state index contributed by atoms with van der Waals surface area (Å²) in [5, 5.41) is 5.95. The van der Waals surface area contributed by atoms with Crippen LogP contribution in [0.15, 0.2) is 73.3 Å². The van der Waals surface area contributed by atoms with Crippen LogP contribution in [-0.4, -0.2) is 15.6 Å². The molecule has 0 radical (unpaired) electrons. The van der Waals surface area contributed by atoms with Gasteiger partial charge in [0.25, 0.3) is 0 Å². The zero-order chi connectivity index (χ0) is 17.6. The van der Waals surface area contributed by atoms with Gasteiger partial charge in [-0.2, -0.15) is 0 Å². The van der Waals surface area contributed by atoms with Gasteiger partial charge in [0.2, 0.25) is 0 Å². The molecule has 2 aromatic carbocycles. The van der Waals surface area contributed by atoms with Crippen LogP contribution in [-0.2, 0) is 0 Å². The molecule has 3 aromatic rings. The molecule has 0 aliphatic rings. The van der Waals surface area contributed by atoms with Crippen LogP contribution in [0.25, 0.3) is 5.69 Å². The quantitative estimate of drug-likeness (QED) is 0.741. The Balaban J connectivity index is 1.58. The molecular formula is C20H22N4O. The number of nitrogens with one attached hydrogen (secondary N) is 2. The maximum Gasteiger partial charge on any atom is 0.315 e. The van der Waals surface area contributed by atoms with Gasteiger partial charge in [-0.05, 0) is 37.1 Å². The van der Waals surface area contributed by atoms with E-state index in [4.69, 9.17) is 0 Å². The van der Waals surface area contributed by atoms with E-state index in [1.165, 1.54) is 0 Å². The molecule has 0 saturated heterocycles. The summed E-state index contributed by atoms with van der Waals surface area (Å²) in [5.74, 6) is 0. The third-order valence-corrected chi connectivity index (χ3v) is 4.19. The number of aromatic nitrogens is 2. The minimum absolute atomic E-state index is 0.0444. The zero-order valence-corrected chi connectivity index (χ0v) is 14.4. The minimum atomic E-state index is -0.178. The third kappa shape index (κ3) is 4.26. The highest BCUT2D eigenvalue weighted by Gasteiger charge is 2.12. The van der Waals surface area contributed by atoms with Gasteiger partial charge < -0.3 is 15.2 Å². The van der Waals surface area contributed by atoms with Crippen LogP contribution in [0.5, 0.6) is 0 Å². The van der Waals surface area contributed by atoms with Crippen molar-refractivity contribution in [1.82, 2.24) is 20.2 Å². The topological polar surface area (TPSA) is 59.0 Å². The van der Waals surface area contributed by atoms with Crippen LogP contribution in [0.1, 0.15) is 37.1 Å². The van der Waals surface area contributed by atoms with E-state index in [-0.39, 0.29) is 18.1 Å². The Kier molecular flexibility index (Phi) is 5.14. The van der Waals surface area contributed by atoms with Gasteiger partial charge in [0, 0.05) is 18.1 Å². The van der Waals surface area contributed by atoms with Crippen molar-refractivity contribution in [2.24, 2.45) is 0 Å². The van der Waals surface area contributed by atoms with Crippen molar-refractivity contribution in [3.05, 3.63) is 84.4 Å². The first-order valence-electron chi connectivity index (χ1n) is 8.34. The second-order valence-electron chi connectivity index (χ2n) is 6.03. The zero-order valence-electron chi connectivity index (χ0n) is 14.4. The molecule has 25 heavy (non-hydrogen) atoms. The standard InChI is InChI=1S/C20H22N4O/c1-15(17-6-4-3-5-7-17)22-20(25)23-16(2)18-8-10-19(11-9-18)24-13-12-21-14-24/h3-16H,1-2H3,(H2,22,23,25)/t15-,16+/m0/s1. The van der Waals surface area contributed by atoms with E-state index >= 15 is 0 Å². The highest BCUT2D eigenvalue weighted by molar-refractivity contribution is 5.75. The van der Waals surface area contributed by atoms with Gasteiger partial charge in [0.1, 0.15) is 0 Å². The van der Waals surface area contributed by atoms with E-state index in [0.29, 0.717) is 0 Å². The first-order valence-corrected chi connectivity index (χ1v) is 8.34. The molecule has 0 aliphatic heterocycles. The molecule has 0 saturated carbocycles. The van der Waals surface area contributed by atoms with E-state index in [9.17, 15) is 4.79 Å². The Labute approximate surface area is 147 Å². The summed E-state index contributed by atoms with van der Waals surface area (Å²) >= 11 is 0. The lowest BCUT2D eigenvalue weighted by molar-refractivity contribution is 0.235. The van der Waals surface area contributed by atoms with Crippen LogP contribution >= 0.6 is 0 Å². The molecule has 2 atom stereocenters. The van der Waals surface area contributed by atoms with Crippen molar-refractivity contribution in [2.45, 2.75) is 25.9 Å². The third-order valence-electron chi connectivity index (χ3n) is 4.19. The van der Waals surface area contributed by atoms with Crippen molar-refractivity contribution in [1.29, 1.82) is 0 Å². The van der Waals surface area contributed by atoms with E-state index in [1.807, 2.05) is 79.2 Å². The Hall–Kier alpha value is -3.08. The van der Waals surface area contributed by atoms with Crippen LogP contribution in [0.4, 0.5) is 4.79 Å². The number of imidazole rings is 1. The summed E-state index contributed by atoms with van der Waals surface area (Å²) in [7, 11) is 0. The van der Waals surface area contributed by atoms with Crippen molar-refractivity contribution in [3.8, 4) is 5.69 Å². The monoisotopic (exact) mass is 334 g/mol. The van der Waals surface area contributed by atoms with Crippen molar-refractivity contribution < 1.29 is 4.79 Å². The summed E-state index contributed by atoms with van der Waals surface area (Å²) < 4.78 is 1.94. The van der Waals surface area contributed by atoms with Gasteiger partial charge in [0.15, 0.2) is 0 Å². The average Bonchev–Trinajstić information content (AvgIpc) is 3.17. The maximum atomic E-state index is 12.2. The largest absolute Gasteiger partial charge is 0.332 e. The summed E-state index contributed by atoms with van der Waals surface area (Å²) in [6.07, 6.45) is 5.40. The SMILES string of the molecule is C[C@H](NC(=O)N[C@H](C)c1ccc(-n2ccnc2)cc1)c1ccccc1. The van der Waals surface area contributed by atoms with Gasteiger partial charge in [0.05, 0.1) is 18.4 Å². The highest BCUT2D eigenvalue weighted by atomic mass is 16.2. The van der Waals surface area contributed by atoms with Crippen molar-refractivity contribution >= 4 is 6.03 Å². The number of nitrogens with zero attached hydrogens (tertiary/aromatic N) is 2. The number of urea groups is 1. The molecule has 3 rings (SSSR count). The van der Waals surface area contributed by atoms with Gasteiger partial charge >= 0.3 is 6.03 Å². The van der Waals surface area contributed by atoms with Crippen LogP contribution in [0, 0.1) is 0 Å². The smallest absolute Gasteiger partial charge is 0.315 e. The van der Waals surface area contributed by atoms with E-state index in [1.54, 1.807) is 12.5 Å². The molecule has 0 unspecified atom stereocenters. The van der Waals surface area contributed by atoms with Crippen LogP contribution in [0.2, 0.25) is 0 Å². The van der Waals surface area contributed by atoms with Gasteiger partial charge in [-0.1, -0.05) is 42.5 Å². The van der Waals surface area contributed by atoms with E-state index < -0.39 is 0 Å². The molecule has 0 spiro atoms. The molecule has 2 N–H and O–H groups in total. The number of rotatable bonds is 5. The van der Waals surface area contributed by atoms with E-state index in [2.05, 4.69) is 15.6 Å². The number of benzene rings is 2. The molecule has 1 aromatic heterocycles. The van der Waals surface area contributed by atoms with Crippen LogP contribution < -0.4 is 10.6 Å². The van der Waals surface area contributed by atoms with Crippen LogP contribution in [0.3, 0.4) is 0 Å². The normalized spacial score (nSPS) is 13.0. The van der Waals surface area contributed by atoms with Crippen molar-refractivity contribution in [2.75, 3.05) is 0 Å². The molecule has 2 amide bonds. The summed E-state index contributed by atoms with van der Waals surface area (Å²) in [5.41, 5.74) is 3.16. The lowest BCUT2D eigenvalue weighted by Crippen LogP contribution is -2.38. The number of hydrogen-bond donors (Lipinski definition) is 2.